The van der Waals surface area contributed by atoms with E-state index in [4.69, 9.17) is 0 Å². The Morgan fingerprint density at radius 2 is 2.22 bits per heavy atom. The molecule has 0 unspecified atom stereocenters. The molecular weight excluding hydrogens is 294 g/mol. The highest BCUT2D eigenvalue weighted by Crippen LogP contribution is 2.34. The predicted octanol–water partition coefficient (Wildman–Crippen LogP) is 3.42. The molecule has 120 valence electrons. The van der Waals surface area contributed by atoms with Crippen molar-refractivity contribution in [3.05, 3.63) is 64.0 Å². The minimum absolute atomic E-state index is 0.0540. The van der Waals surface area contributed by atoms with E-state index >= 15 is 0 Å². The van der Waals surface area contributed by atoms with Gasteiger partial charge in [-0.2, -0.15) is 0 Å². The van der Waals surface area contributed by atoms with E-state index in [2.05, 4.69) is 9.88 Å². The summed E-state index contributed by atoms with van der Waals surface area (Å²) in [5, 5.41) is 20.9. The monoisotopic (exact) mass is 313 g/mol. The van der Waals surface area contributed by atoms with Gasteiger partial charge in [0.1, 0.15) is 5.75 Å². The van der Waals surface area contributed by atoms with Crippen LogP contribution in [0.5, 0.6) is 5.75 Å². The quantitative estimate of drug-likeness (QED) is 0.691. The van der Waals surface area contributed by atoms with Crippen LogP contribution in [0.2, 0.25) is 0 Å². The number of aromatic nitrogens is 1. The average molecular weight is 313 g/mol. The molecule has 6 heteroatoms. The molecule has 1 aromatic carbocycles. The summed E-state index contributed by atoms with van der Waals surface area (Å²) < 4.78 is 0. The van der Waals surface area contributed by atoms with Crippen LogP contribution < -0.4 is 0 Å². The smallest absolute Gasteiger partial charge is 0.274 e. The highest BCUT2D eigenvalue weighted by atomic mass is 16.6. The first kappa shape index (κ1) is 15.4. The number of hydrogen-bond acceptors (Lipinski definition) is 5. The number of aromatic hydroxyl groups is 1. The van der Waals surface area contributed by atoms with Gasteiger partial charge in [-0.15, -0.1) is 0 Å². The van der Waals surface area contributed by atoms with Crippen LogP contribution >= 0.6 is 0 Å². The maximum atomic E-state index is 11.2. The second-order valence-electron chi connectivity index (χ2n) is 5.84. The van der Waals surface area contributed by atoms with Gasteiger partial charge >= 0.3 is 0 Å². The van der Waals surface area contributed by atoms with Crippen molar-refractivity contribution in [2.24, 2.45) is 0 Å². The first-order valence-electron chi connectivity index (χ1n) is 7.75. The van der Waals surface area contributed by atoms with Gasteiger partial charge in [0, 0.05) is 36.6 Å². The summed E-state index contributed by atoms with van der Waals surface area (Å²) in [7, 11) is 0. The summed E-state index contributed by atoms with van der Waals surface area (Å²) in [4.78, 5) is 17.3. The number of phenolic OH excluding ortho intramolecular Hbond substituents is 1. The lowest BCUT2D eigenvalue weighted by Crippen LogP contribution is -2.33. The minimum Gasteiger partial charge on any atom is -0.508 e. The molecule has 0 aliphatic carbocycles. The molecular formula is C17H19N3O3. The fourth-order valence-electron chi connectivity index (χ4n) is 3.23. The third kappa shape index (κ3) is 3.48. The Kier molecular flexibility index (Phi) is 4.52. The second kappa shape index (κ2) is 6.75. The van der Waals surface area contributed by atoms with E-state index in [1.165, 1.54) is 18.2 Å². The summed E-state index contributed by atoms with van der Waals surface area (Å²) in [6.07, 6.45) is 6.83. The van der Waals surface area contributed by atoms with Crippen molar-refractivity contribution in [2.75, 3.05) is 6.54 Å². The molecule has 0 radical (unpaired) electrons. The molecule has 0 saturated carbocycles. The molecule has 1 N–H and O–H groups in total. The van der Waals surface area contributed by atoms with Gasteiger partial charge in [-0.05, 0) is 43.1 Å². The Balaban J connectivity index is 1.88. The van der Waals surface area contributed by atoms with Crippen molar-refractivity contribution < 1.29 is 10.0 Å². The van der Waals surface area contributed by atoms with Crippen molar-refractivity contribution in [3.63, 3.8) is 0 Å². The van der Waals surface area contributed by atoms with Crippen LogP contribution in [0.25, 0.3) is 0 Å². The minimum atomic E-state index is -0.391. The standard InChI is InChI=1S/C17H19N3O3/c21-15-6-7-17(20(22)23)14(10-15)12-19-9-2-1-5-16(19)13-4-3-8-18-11-13/h3-4,6-8,10-11,16,21H,1-2,5,9,12H2/t16-/m0/s1. The number of piperidine rings is 1. The zero-order chi connectivity index (χ0) is 16.2. The van der Waals surface area contributed by atoms with E-state index in [0.29, 0.717) is 12.1 Å². The maximum absolute atomic E-state index is 11.2. The van der Waals surface area contributed by atoms with Gasteiger partial charge in [-0.1, -0.05) is 12.5 Å². The number of nitro groups is 1. The van der Waals surface area contributed by atoms with E-state index in [0.717, 1.165) is 31.4 Å². The van der Waals surface area contributed by atoms with E-state index < -0.39 is 4.92 Å². The van der Waals surface area contributed by atoms with Gasteiger partial charge in [0.25, 0.3) is 5.69 Å². The number of nitro benzene ring substituents is 1. The van der Waals surface area contributed by atoms with Gasteiger partial charge < -0.3 is 5.11 Å². The van der Waals surface area contributed by atoms with Crippen molar-refractivity contribution >= 4 is 5.69 Å². The van der Waals surface area contributed by atoms with Crippen molar-refractivity contribution in [2.45, 2.75) is 31.8 Å². The maximum Gasteiger partial charge on any atom is 0.274 e. The fourth-order valence-corrected chi connectivity index (χ4v) is 3.23. The molecule has 2 aromatic rings. The highest BCUT2D eigenvalue weighted by molar-refractivity contribution is 5.44. The molecule has 1 aliphatic heterocycles. The van der Waals surface area contributed by atoms with Crippen LogP contribution in [0.3, 0.4) is 0 Å². The summed E-state index contributed by atoms with van der Waals surface area (Å²) in [5.41, 5.74) is 1.74. The lowest BCUT2D eigenvalue weighted by molar-refractivity contribution is -0.385. The highest BCUT2D eigenvalue weighted by Gasteiger charge is 2.26. The third-order valence-corrected chi connectivity index (χ3v) is 4.32. The first-order chi connectivity index (χ1) is 11.1. The van der Waals surface area contributed by atoms with E-state index in [1.54, 1.807) is 6.20 Å². The SMILES string of the molecule is O=[N+]([O-])c1ccc(O)cc1CN1CCCC[C@H]1c1cccnc1. The molecule has 2 heterocycles. The topological polar surface area (TPSA) is 79.5 Å². The lowest BCUT2D eigenvalue weighted by Gasteiger charge is -2.35. The van der Waals surface area contributed by atoms with E-state index in [-0.39, 0.29) is 17.5 Å². The Morgan fingerprint density at radius 1 is 1.35 bits per heavy atom. The molecule has 0 spiro atoms. The summed E-state index contributed by atoms with van der Waals surface area (Å²) in [6, 6.07) is 8.39. The molecule has 1 saturated heterocycles. The van der Waals surface area contributed by atoms with Gasteiger partial charge in [0.15, 0.2) is 0 Å². The number of pyridine rings is 1. The number of likely N-dealkylation sites (tertiary alicyclic amines) is 1. The number of nitrogens with zero attached hydrogens (tertiary/aromatic N) is 3. The zero-order valence-electron chi connectivity index (χ0n) is 12.8. The van der Waals surface area contributed by atoms with Crippen LogP contribution in [-0.2, 0) is 6.54 Å². The molecule has 3 rings (SSSR count). The van der Waals surface area contributed by atoms with E-state index in [9.17, 15) is 15.2 Å². The summed E-state index contributed by atoms with van der Waals surface area (Å²) in [6.45, 7) is 1.33. The van der Waals surface area contributed by atoms with Gasteiger partial charge in [0.2, 0.25) is 0 Å². The zero-order valence-corrected chi connectivity index (χ0v) is 12.8. The summed E-state index contributed by atoms with van der Waals surface area (Å²) in [5.74, 6) is 0.0561. The number of rotatable bonds is 4. The summed E-state index contributed by atoms with van der Waals surface area (Å²) >= 11 is 0. The Labute approximate surface area is 134 Å². The molecule has 23 heavy (non-hydrogen) atoms. The molecule has 1 atom stereocenters. The van der Waals surface area contributed by atoms with Gasteiger partial charge in [0.05, 0.1) is 4.92 Å². The molecule has 1 aromatic heterocycles. The van der Waals surface area contributed by atoms with Gasteiger partial charge in [-0.25, -0.2) is 0 Å². The first-order valence-corrected chi connectivity index (χ1v) is 7.75. The largest absolute Gasteiger partial charge is 0.508 e. The predicted molar refractivity (Wildman–Crippen MR) is 86.0 cm³/mol. The molecule has 0 bridgehead atoms. The number of phenols is 1. The van der Waals surface area contributed by atoms with Crippen LogP contribution in [0.15, 0.2) is 42.7 Å². The molecule has 6 nitrogen and oxygen atoms in total. The van der Waals surface area contributed by atoms with Gasteiger partial charge in [-0.3, -0.25) is 20.0 Å². The van der Waals surface area contributed by atoms with Crippen molar-refractivity contribution in [1.29, 1.82) is 0 Å². The molecule has 1 fully saturated rings. The van der Waals surface area contributed by atoms with Crippen LogP contribution in [0.4, 0.5) is 5.69 Å². The second-order valence-corrected chi connectivity index (χ2v) is 5.84. The van der Waals surface area contributed by atoms with E-state index in [1.807, 2.05) is 18.3 Å². The molecule has 0 amide bonds. The lowest BCUT2D eigenvalue weighted by atomic mass is 9.95. The Hall–Kier alpha value is -2.47. The third-order valence-electron chi connectivity index (χ3n) is 4.32. The Bertz CT molecular complexity index is 691. The van der Waals surface area contributed by atoms with Crippen molar-refractivity contribution in [1.82, 2.24) is 9.88 Å². The number of hydrogen-bond donors (Lipinski definition) is 1. The normalized spacial score (nSPS) is 18.7. The fraction of sp³-hybridized carbons (Fsp3) is 0.353. The van der Waals surface area contributed by atoms with Crippen LogP contribution in [0.1, 0.15) is 36.4 Å². The molecule has 1 aliphatic rings. The number of benzene rings is 1. The van der Waals surface area contributed by atoms with Crippen LogP contribution in [0, 0.1) is 10.1 Å². The average Bonchev–Trinajstić information content (AvgIpc) is 2.56. The van der Waals surface area contributed by atoms with Crippen LogP contribution in [-0.4, -0.2) is 26.5 Å². The van der Waals surface area contributed by atoms with Crippen molar-refractivity contribution in [3.8, 4) is 5.75 Å². The Morgan fingerprint density at radius 3 is 2.96 bits per heavy atom.